The van der Waals surface area contributed by atoms with Crippen molar-refractivity contribution in [3.8, 4) is 0 Å². The lowest BCUT2D eigenvalue weighted by atomic mass is 10.1. The molecule has 0 saturated carbocycles. The third-order valence-electron chi connectivity index (χ3n) is 2.94. The van der Waals surface area contributed by atoms with Gasteiger partial charge in [-0.3, -0.25) is 0 Å². The summed E-state index contributed by atoms with van der Waals surface area (Å²) >= 11 is 5.57. The molecule has 2 rings (SSSR count). The van der Waals surface area contributed by atoms with Crippen molar-refractivity contribution >= 4 is 21.4 Å². The van der Waals surface area contributed by atoms with E-state index in [1.54, 1.807) is 0 Å². The third-order valence-corrected chi connectivity index (χ3v) is 4.89. The van der Waals surface area contributed by atoms with Gasteiger partial charge in [0, 0.05) is 12.1 Å². The lowest BCUT2D eigenvalue weighted by Crippen LogP contribution is -2.08. The van der Waals surface area contributed by atoms with Gasteiger partial charge in [0.2, 0.25) is 0 Å². The van der Waals surface area contributed by atoms with Crippen LogP contribution in [-0.2, 0) is 22.1 Å². The summed E-state index contributed by atoms with van der Waals surface area (Å²) in [4.78, 5) is -0.161. The predicted octanol–water partition coefficient (Wildman–Crippen LogP) is 3.05. The van der Waals surface area contributed by atoms with Crippen LogP contribution >= 0.6 is 11.6 Å². The van der Waals surface area contributed by atoms with Gasteiger partial charge in [-0.2, -0.15) is 0 Å². The van der Waals surface area contributed by atoms with Crippen LogP contribution in [0.3, 0.4) is 0 Å². The lowest BCUT2D eigenvalue weighted by Gasteiger charge is -2.08. The summed E-state index contributed by atoms with van der Waals surface area (Å²) in [7, 11) is -3.83. The molecule has 2 aromatic rings. The monoisotopic (exact) mass is 331 g/mol. The van der Waals surface area contributed by atoms with Crippen LogP contribution in [0.5, 0.6) is 0 Å². The Kier molecular flexibility index (Phi) is 4.61. The molecule has 112 valence electrons. The molecule has 0 fully saturated rings. The van der Waals surface area contributed by atoms with Gasteiger partial charge in [-0.25, -0.2) is 17.2 Å². The summed E-state index contributed by atoms with van der Waals surface area (Å²) in [5, 5.41) is -0.299. The fourth-order valence-corrected chi connectivity index (χ4v) is 3.44. The van der Waals surface area contributed by atoms with Crippen molar-refractivity contribution in [1.29, 1.82) is 0 Å². The maximum atomic E-state index is 13.7. The predicted molar refractivity (Wildman–Crippen MR) is 76.6 cm³/mol. The van der Waals surface area contributed by atoms with Crippen LogP contribution in [0, 0.1) is 11.6 Å². The van der Waals surface area contributed by atoms with E-state index in [1.807, 2.05) is 0 Å². The van der Waals surface area contributed by atoms with E-state index >= 15 is 0 Å². The van der Waals surface area contributed by atoms with Gasteiger partial charge in [-0.15, -0.1) is 0 Å². The first kappa shape index (κ1) is 15.9. The zero-order valence-electron chi connectivity index (χ0n) is 10.8. The molecular weight excluding hydrogens is 320 g/mol. The van der Waals surface area contributed by atoms with Crippen LogP contribution in [0.15, 0.2) is 41.3 Å². The second-order valence-corrected chi connectivity index (χ2v) is 6.86. The molecule has 2 N–H and O–H groups in total. The molecule has 0 radical (unpaired) electrons. The van der Waals surface area contributed by atoms with E-state index in [1.165, 1.54) is 18.2 Å². The van der Waals surface area contributed by atoms with Crippen molar-refractivity contribution in [2.75, 3.05) is 0 Å². The van der Waals surface area contributed by atoms with Crippen molar-refractivity contribution in [3.05, 3.63) is 64.2 Å². The fraction of sp³-hybridized carbons (Fsp3) is 0.143. The first-order chi connectivity index (χ1) is 9.83. The number of hydrogen-bond acceptors (Lipinski definition) is 3. The Morgan fingerprint density at radius 2 is 1.71 bits per heavy atom. The Hall–Kier alpha value is -1.50. The highest BCUT2D eigenvalue weighted by atomic mass is 35.5. The van der Waals surface area contributed by atoms with E-state index in [4.69, 9.17) is 17.3 Å². The molecule has 0 spiro atoms. The SMILES string of the molecule is NCc1ccc(F)c(CS(=O)(=O)c2ccc(F)c(Cl)c2)c1. The Labute approximate surface area is 126 Å². The molecule has 0 saturated heterocycles. The molecule has 7 heteroatoms. The van der Waals surface area contributed by atoms with E-state index < -0.39 is 27.2 Å². The molecule has 0 amide bonds. The van der Waals surface area contributed by atoms with E-state index in [-0.39, 0.29) is 22.0 Å². The van der Waals surface area contributed by atoms with Crippen LogP contribution < -0.4 is 5.73 Å². The number of nitrogens with two attached hydrogens (primary N) is 1. The molecule has 0 aliphatic rings. The van der Waals surface area contributed by atoms with Gasteiger partial charge in [0.15, 0.2) is 9.84 Å². The molecule has 2 aromatic carbocycles. The molecule has 0 bridgehead atoms. The van der Waals surface area contributed by atoms with Gasteiger partial charge < -0.3 is 5.73 Å². The number of benzene rings is 2. The van der Waals surface area contributed by atoms with Gasteiger partial charge in [0.1, 0.15) is 11.6 Å². The quantitative estimate of drug-likeness (QED) is 0.876. The summed E-state index contributed by atoms with van der Waals surface area (Å²) in [6, 6.07) is 7.13. The summed E-state index contributed by atoms with van der Waals surface area (Å²) in [6.45, 7) is 0.176. The topological polar surface area (TPSA) is 60.2 Å². The summed E-state index contributed by atoms with van der Waals surface area (Å²) < 4.78 is 51.3. The molecule has 0 unspecified atom stereocenters. The van der Waals surface area contributed by atoms with Crippen molar-refractivity contribution in [3.63, 3.8) is 0 Å². The largest absolute Gasteiger partial charge is 0.326 e. The van der Waals surface area contributed by atoms with Crippen LogP contribution in [0.2, 0.25) is 5.02 Å². The molecule has 0 aromatic heterocycles. The van der Waals surface area contributed by atoms with Crippen LogP contribution in [0.1, 0.15) is 11.1 Å². The van der Waals surface area contributed by atoms with Crippen molar-refractivity contribution < 1.29 is 17.2 Å². The average molecular weight is 332 g/mol. The highest BCUT2D eigenvalue weighted by Gasteiger charge is 2.19. The fourth-order valence-electron chi connectivity index (χ4n) is 1.82. The Bertz CT molecular complexity index is 779. The van der Waals surface area contributed by atoms with Gasteiger partial charge in [-0.05, 0) is 29.8 Å². The maximum absolute atomic E-state index is 13.7. The van der Waals surface area contributed by atoms with Gasteiger partial charge in [0.05, 0.1) is 15.7 Å². The zero-order chi connectivity index (χ0) is 15.6. The Morgan fingerprint density at radius 3 is 2.33 bits per heavy atom. The molecule has 3 nitrogen and oxygen atoms in total. The normalized spacial score (nSPS) is 11.6. The highest BCUT2D eigenvalue weighted by Crippen LogP contribution is 2.23. The van der Waals surface area contributed by atoms with Crippen LogP contribution in [0.4, 0.5) is 8.78 Å². The Balaban J connectivity index is 2.39. The zero-order valence-corrected chi connectivity index (χ0v) is 12.4. The summed E-state index contributed by atoms with van der Waals surface area (Å²) in [5.74, 6) is -1.90. The van der Waals surface area contributed by atoms with Crippen LogP contribution in [-0.4, -0.2) is 8.42 Å². The van der Waals surface area contributed by atoms with Gasteiger partial charge in [-0.1, -0.05) is 23.7 Å². The van der Waals surface area contributed by atoms with E-state index in [0.29, 0.717) is 5.56 Å². The number of hydrogen-bond donors (Lipinski definition) is 1. The minimum Gasteiger partial charge on any atom is -0.326 e. The standard InChI is InChI=1S/C14H12ClF2NO2S/c15-12-6-11(2-4-14(12)17)21(19,20)8-10-5-9(7-18)1-3-13(10)16/h1-6H,7-8,18H2. The van der Waals surface area contributed by atoms with E-state index in [2.05, 4.69) is 0 Å². The maximum Gasteiger partial charge on any atom is 0.182 e. The number of rotatable bonds is 4. The first-order valence-electron chi connectivity index (χ1n) is 5.98. The van der Waals surface area contributed by atoms with E-state index in [0.717, 1.165) is 18.2 Å². The van der Waals surface area contributed by atoms with Crippen molar-refractivity contribution in [1.82, 2.24) is 0 Å². The second kappa shape index (κ2) is 6.09. The molecule has 0 atom stereocenters. The summed E-state index contributed by atoms with van der Waals surface area (Å²) in [5.41, 5.74) is 6.09. The molecule has 21 heavy (non-hydrogen) atoms. The highest BCUT2D eigenvalue weighted by molar-refractivity contribution is 7.90. The average Bonchev–Trinajstić information content (AvgIpc) is 2.44. The number of sulfone groups is 1. The van der Waals surface area contributed by atoms with E-state index in [9.17, 15) is 17.2 Å². The van der Waals surface area contributed by atoms with Crippen molar-refractivity contribution in [2.45, 2.75) is 17.2 Å². The molecule has 0 aliphatic heterocycles. The first-order valence-corrected chi connectivity index (χ1v) is 8.01. The molecular formula is C14H12ClF2NO2S. The third kappa shape index (κ3) is 3.58. The number of halogens is 3. The minimum atomic E-state index is -3.83. The van der Waals surface area contributed by atoms with Gasteiger partial charge in [0.25, 0.3) is 0 Å². The summed E-state index contributed by atoms with van der Waals surface area (Å²) in [6.07, 6.45) is 0. The smallest absolute Gasteiger partial charge is 0.182 e. The minimum absolute atomic E-state index is 0.0124. The molecule has 0 aliphatic carbocycles. The van der Waals surface area contributed by atoms with Crippen LogP contribution in [0.25, 0.3) is 0 Å². The second-order valence-electron chi connectivity index (χ2n) is 4.46. The van der Waals surface area contributed by atoms with Crippen molar-refractivity contribution in [2.24, 2.45) is 5.73 Å². The van der Waals surface area contributed by atoms with Gasteiger partial charge >= 0.3 is 0 Å². The molecule has 0 heterocycles. The Morgan fingerprint density at radius 1 is 1.05 bits per heavy atom. The lowest BCUT2D eigenvalue weighted by molar-refractivity contribution is 0.586.